The molecule has 3 nitrogen and oxygen atoms in total. The highest BCUT2D eigenvalue weighted by Gasteiger charge is 2.34. The number of hydrogen-bond donors (Lipinski definition) is 1. The fourth-order valence-corrected chi connectivity index (χ4v) is 1.85. The Bertz CT molecular complexity index is 183. The molecule has 88 valence electrons. The number of allylic oxidation sites excluding steroid dienone is 1. The maximum atomic E-state index is 8.61. The minimum atomic E-state index is -0.337. The summed E-state index contributed by atoms with van der Waals surface area (Å²) in [5, 5.41) is 8.61. The Morgan fingerprint density at radius 3 is 2.53 bits per heavy atom. The third kappa shape index (κ3) is 4.33. The summed E-state index contributed by atoms with van der Waals surface area (Å²) in [6, 6.07) is 0. The van der Waals surface area contributed by atoms with Crippen LogP contribution in [0.3, 0.4) is 0 Å². The van der Waals surface area contributed by atoms with E-state index in [1.165, 1.54) is 6.42 Å². The normalized spacial score (nSPS) is 20.1. The van der Waals surface area contributed by atoms with E-state index in [0.717, 1.165) is 25.7 Å². The van der Waals surface area contributed by atoms with Crippen LogP contribution in [0.1, 0.15) is 39.0 Å². The van der Waals surface area contributed by atoms with E-state index in [1.54, 1.807) is 6.08 Å². The second kappa shape index (κ2) is 6.99. The van der Waals surface area contributed by atoms with E-state index >= 15 is 0 Å². The maximum Gasteiger partial charge on any atom is 0.168 e. The fraction of sp³-hybridized carbons (Fsp3) is 0.833. The molecule has 0 unspecified atom stereocenters. The first kappa shape index (κ1) is 12.7. The fourth-order valence-electron chi connectivity index (χ4n) is 1.85. The molecule has 1 aliphatic rings. The molecule has 0 aliphatic carbocycles. The van der Waals surface area contributed by atoms with Gasteiger partial charge in [0.15, 0.2) is 5.79 Å². The molecule has 15 heavy (non-hydrogen) atoms. The zero-order chi connectivity index (χ0) is 11.0. The van der Waals surface area contributed by atoms with Gasteiger partial charge in [-0.05, 0) is 12.8 Å². The molecule has 0 aromatic carbocycles. The van der Waals surface area contributed by atoms with Gasteiger partial charge >= 0.3 is 0 Å². The van der Waals surface area contributed by atoms with Gasteiger partial charge in [0.05, 0.1) is 19.8 Å². The van der Waals surface area contributed by atoms with E-state index in [4.69, 9.17) is 14.6 Å². The van der Waals surface area contributed by atoms with Gasteiger partial charge in [-0.2, -0.15) is 0 Å². The van der Waals surface area contributed by atoms with Crippen molar-refractivity contribution >= 4 is 0 Å². The molecule has 0 saturated carbocycles. The van der Waals surface area contributed by atoms with Crippen LogP contribution in [0.2, 0.25) is 0 Å². The second-order valence-corrected chi connectivity index (χ2v) is 3.90. The average Bonchev–Trinajstić information content (AvgIpc) is 2.71. The van der Waals surface area contributed by atoms with E-state index in [1.807, 2.05) is 6.08 Å². The van der Waals surface area contributed by atoms with Gasteiger partial charge in [0.2, 0.25) is 0 Å². The van der Waals surface area contributed by atoms with Crippen molar-refractivity contribution in [2.24, 2.45) is 0 Å². The summed E-state index contributed by atoms with van der Waals surface area (Å²) in [6.45, 7) is 3.72. The molecule has 0 aromatic rings. The van der Waals surface area contributed by atoms with Crippen molar-refractivity contribution in [3.05, 3.63) is 12.2 Å². The quantitative estimate of drug-likeness (QED) is 0.661. The van der Waals surface area contributed by atoms with Gasteiger partial charge < -0.3 is 14.6 Å². The third-order valence-electron chi connectivity index (χ3n) is 2.69. The number of ether oxygens (including phenoxy) is 2. The first-order valence-electron chi connectivity index (χ1n) is 5.87. The predicted octanol–water partition coefficient (Wildman–Crippen LogP) is 2.25. The van der Waals surface area contributed by atoms with E-state index in [-0.39, 0.29) is 12.4 Å². The summed E-state index contributed by atoms with van der Waals surface area (Å²) in [5.41, 5.74) is 0. The highest BCUT2D eigenvalue weighted by Crippen LogP contribution is 2.30. The lowest BCUT2D eigenvalue weighted by Crippen LogP contribution is -2.29. The lowest BCUT2D eigenvalue weighted by Gasteiger charge is -2.26. The monoisotopic (exact) mass is 214 g/mol. The van der Waals surface area contributed by atoms with Gasteiger partial charge in [-0.15, -0.1) is 0 Å². The summed E-state index contributed by atoms with van der Waals surface area (Å²) >= 11 is 0. The first-order chi connectivity index (χ1) is 7.33. The Morgan fingerprint density at radius 1 is 1.20 bits per heavy atom. The molecular weight excluding hydrogens is 192 g/mol. The molecule has 0 amide bonds. The van der Waals surface area contributed by atoms with Crippen molar-refractivity contribution in [2.75, 3.05) is 19.8 Å². The summed E-state index contributed by atoms with van der Waals surface area (Å²) in [6.07, 6.45) is 8.84. The molecule has 1 aliphatic heterocycles. The second-order valence-electron chi connectivity index (χ2n) is 3.90. The van der Waals surface area contributed by atoms with Crippen LogP contribution in [-0.2, 0) is 9.47 Å². The molecule has 1 heterocycles. The molecule has 3 heteroatoms. The minimum Gasteiger partial charge on any atom is -0.392 e. The summed E-state index contributed by atoms with van der Waals surface area (Å²) in [7, 11) is 0. The van der Waals surface area contributed by atoms with Crippen LogP contribution in [0.15, 0.2) is 12.2 Å². The molecule has 1 N–H and O–H groups in total. The predicted molar refractivity (Wildman–Crippen MR) is 59.6 cm³/mol. The van der Waals surface area contributed by atoms with Gasteiger partial charge in [0, 0.05) is 12.8 Å². The summed E-state index contributed by atoms with van der Waals surface area (Å²) in [5.74, 6) is -0.337. The van der Waals surface area contributed by atoms with Crippen molar-refractivity contribution in [2.45, 2.75) is 44.8 Å². The van der Waals surface area contributed by atoms with Gasteiger partial charge in [-0.3, -0.25) is 0 Å². The lowest BCUT2D eigenvalue weighted by atomic mass is 10.0. The number of aliphatic hydroxyl groups is 1. The molecule has 0 atom stereocenters. The Morgan fingerprint density at radius 2 is 1.93 bits per heavy atom. The Balaban J connectivity index is 2.32. The zero-order valence-electron chi connectivity index (χ0n) is 9.58. The van der Waals surface area contributed by atoms with Crippen molar-refractivity contribution < 1.29 is 14.6 Å². The van der Waals surface area contributed by atoms with Crippen LogP contribution >= 0.6 is 0 Å². The summed E-state index contributed by atoms with van der Waals surface area (Å²) < 4.78 is 11.4. The molecule has 0 bridgehead atoms. The number of unbranched alkanes of at least 4 members (excludes halogenated alkanes) is 1. The minimum absolute atomic E-state index is 0.115. The number of rotatable bonds is 7. The Labute approximate surface area is 92.1 Å². The number of aliphatic hydroxyl groups excluding tert-OH is 1. The number of hydrogen-bond acceptors (Lipinski definition) is 3. The van der Waals surface area contributed by atoms with Crippen LogP contribution in [0.5, 0.6) is 0 Å². The van der Waals surface area contributed by atoms with E-state index in [0.29, 0.717) is 13.2 Å². The molecule has 1 fully saturated rings. The van der Waals surface area contributed by atoms with Gasteiger partial charge in [-0.25, -0.2) is 0 Å². The maximum absolute atomic E-state index is 8.61. The SMILES string of the molecule is CCCCC1(CC/C=C/CO)OCCO1. The molecule has 1 rings (SSSR count). The molecule has 0 aromatic heterocycles. The Kier molecular flexibility index (Phi) is 5.91. The van der Waals surface area contributed by atoms with Gasteiger partial charge in [-0.1, -0.05) is 25.5 Å². The Hall–Kier alpha value is -0.380. The van der Waals surface area contributed by atoms with Crippen LogP contribution in [-0.4, -0.2) is 30.7 Å². The standard InChI is InChI=1S/C12H22O3/c1-2-3-7-12(14-10-11-15-12)8-5-4-6-9-13/h4,6,13H,2-3,5,7-11H2,1H3/b6-4+. The summed E-state index contributed by atoms with van der Waals surface area (Å²) in [4.78, 5) is 0. The zero-order valence-corrected chi connectivity index (χ0v) is 9.58. The van der Waals surface area contributed by atoms with Crippen molar-refractivity contribution in [3.8, 4) is 0 Å². The molecule has 1 saturated heterocycles. The highest BCUT2D eigenvalue weighted by atomic mass is 16.7. The van der Waals surface area contributed by atoms with Gasteiger partial charge in [0.25, 0.3) is 0 Å². The van der Waals surface area contributed by atoms with E-state index in [9.17, 15) is 0 Å². The highest BCUT2D eigenvalue weighted by molar-refractivity contribution is 4.85. The average molecular weight is 214 g/mol. The van der Waals surface area contributed by atoms with Gasteiger partial charge in [0.1, 0.15) is 0 Å². The smallest absolute Gasteiger partial charge is 0.168 e. The third-order valence-corrected chi connectivity index (χ3v) is 2.69. The topological polar surface area (TPSA) is 38.7 Å². The molecular formula is C12H22O3. The molecule has 0 spiro atoms. The van der Waals surface area contributed by atoms with Crippen molar-refractivity contribution in [1.82, 2.24) is 0 Å². The van der Waals surface area contributed by atoms with Crippen LogP contribution in [0, 0.1) is 0 Å². The lowest BCUT2D eigenvalue weighted by molar-refractivity contribution is -0.166. The van der Waals surface area contributed by atoms with Crippen molar-refractivity contribution in [3.63, 3.8) is 0 Å². The molecule has 0 radical (unpaired) electrons. The van der Waals surface area contributed by atoms with Crippen LogP contribution < -0.4 is 0 Å². The first-order valence-corrected chi connectivity index (χ1v) is 5.87. The van der Waals surface area contributed by atoms with E-state index in [2.05, 4.69) is 6.92 Å². The van der Waals surface area contributed by atoms with E-state index < -0.39 is 0 Å². The van der Waals surface area contributed by atoms with Crippen LogP contribution in [0.4, 0.5) is 0 Å². The van der Waals surface area contributed by atoms with Crippen molar-refractivity contribution in [1.29, 1.82) is 0 Å². The van der Waals surface area contributed by atoms with Crippen LogP contribution in [0.25, 0.3) is 0 Å². The largest absolute Gasteiger partial charge is 0.392 e.